The van der Waals surface area contributed by atoms with Crippen molar-refractivity contribution in [1.29, 1.82) is 0 Å². The number of nitrogens with zero attached hydrogens (tertiary/aromatic N) is 1. The number of anilines is 1. The van der Waals surface area contributed by atoms with Crippen LogP contribution in [-0.4, -0.2) is 25.5 Å². The molecule has 0 aromatic heterocycles. The zero-order valence-electron chi connectivity index (χ0n) is 12.9. The van der Waals surface area contributed by atoms with E-state index >= 15 is 0 Å². The van der Waals surface area contributed by atoms with Crippen LogP contribution in [0.15, 0.2) is 41.5 Å². The van der Waals surface area contributed by atoms with Crippen molar-refractivity contribution in [2.24, 2.45) is 5.10 Å². The predicted octanol–water partition coefficient (Wildman–Crippen LogP) is 3.87. The number of hydrogen-bond acceptors (Lipinski definition) is 5. The van der Waals surface area contributed by atoms with Crippen LogP contribution in [0.2, 0.25) is 0 Å². The van der Waals surface area contributed by atoms with Crippen molar-refractivity contribution >= 4 is 11.9 Å². The highest BCUT2D eigenvalue weighted by molar-refractivity contribution is 5.83. The Labute approximate surface area is 136 Å². The number of phenols is 1. The Hall–Kier alpha value is -2.90. The largest absolute Gasteiger partial charge is 0.502 e. The molecule has 2 rings (SSSR count). The lowest BCUT2D eigenvalue weighted by Gasteiger charge is -2.09. The molecule has 0 saturated heterocycles. The second-order valence-corrected chi connectivity index (χ2v) is 4.72. The molecule has 0 spiro atoms. The Kier molecular flexibility index (Phi) is 5.18. The van der Waals surface area contributed by atoms with E-state index in [-0.39, 0.29) is 22.9 Å². The molecule has 128 valence electrons. The average molecular weight is 340 g/mol. The molecule has 0 aliphatic rings. The zero-order chi connectivity index (χ0) is 17.7. The summed E-state index contributed by atoms with van der Waals surface area (Å²) in [6, 6.07) is 7.70. The number of halogens is 3. The number of aromatic hydroxyl groups is 1. The number of methoxy groups -OCH3 is 2. The summed E-state index contributed by atoms with van der Waals surface area (Å²) < 4.78 is 47.9. The van der Waals surface area contributed by atoms with Gasteiger partial charge in [-0.05, 0) is 30.3 Å². The SMILES string of the molecule is COc1cc(/C=N/Nc2cccc(C(F)(F)F)c2)cc(OC)c1O. The summed E-state index contributed by atoms with van der Waals surface area (Å²) in [5.74, 6) is 0.229. The quantitative estimate of drug-likeness (QED) is 0.641. The summed E-state index contributed by atoms with van der Waals surface area (Å²) in [5.41, 5.74) is 2.47. The van der Waals surface area contributed by atoms with Crippen LogP contribution in [0.5, 0.6) is 17.2 Å². The van der Waals surface area contributed by atoms with E-state index in [0.29, 0.717) is 5.56 Å². The van der Waals surface area contributed by atoms with Gasteiger partial charge < -0.3 is 14.6 Å². The average Bonchev–Trinajstić information content (AvgIpc) is 2.55. The number of phenolic OH excluding ortho intramolecular Hbond substituents is 1. The second-order valence-electron chi connectivity index (χ2n) is 4.72. The molecule has 0 saturated carbocycles. The molecule has 0 atom stereocenters. The molecule has 0 amide bonds. The normalized spacial score (nSPS) is 11.5. The lowest BCUT2D eigenvalue weighted by atomic mass is 10.2. The maximum atomic E-state index is 12.6. The van der Waals surface area contributed by atoms with Crippen molar-refractivity contribution in [3.63, 3.8) is 0 Å². The van der Waals surface area contributed by atoms with Crippen molar-refractivity contribution in [1.82, 2.24) is 0 Å². The van der Waals surface area contributed by atoms with E-state index in [0.717, 1.165) is 12.1 Å². The molecule has 0 bridgehead atoms. The predicted molar refractivity (Wildman–Crippen MR) is 83.9 cm³/mol. The van der Waals surface area contributed by atoms with Gasteiger partial charge in [0.25, 0.3) is 0 Å². The van der Waals surface area contributed by atoms with Crippen LogP contribution in [0, 0.1) is 0 Å². The van der Waals surface area contributed by atoms with Crippen LogP contribution < -0.4 is 14.9 Å². The zero-order valence-corrected chi connectivity index (χ0v) is 12.9. The van der Waals surface area contributed by atoms with Gasteiger partial charge in [0.2, 0.25) is 5.75 Å². The van der Waals surface area contributed by atoms with Crippen LogP contribution in [0.25, 0.3) is 0 Å². The molecule has 0 unspecified atom stereocenters. The van der Waals surface area contributed by atoms with Crippen molar-refractivity contribution in [3.8, 4) is 17.2 Å². The first-order valence-corrected chi connectivity index (χ1v) is 6.76. The summed E-state index contributed by atoms with van der Waals surface area (Å²) in [7, 11) is 2.77. The van der Waals surface area contributed by atoms with Gasteiger partial charge in [-0.1, -0.05) is 6.07 Å². The molecule has 2 aromatic rings. The molecule has 2 aromatic carbocycles. The van der Waals surface area contributed by atoms with Gasteiger partial charge in [-0.25, -0.2) is 0 Å². The molecule has 0 fully saturated rings. The van der Waals surface area contributed by atoms with Crippen molar-refractivity contribution < 1.29 is 27.8 Å². The van der Waals surface area contributed by atoms with Gasteiger partial charge in [0.15, 0.2) is 11.5 Å². The summed E-state index contributed by atoms with van der Waals surface area (Å²) in [4.78, 5) is 0. The lowest BCUT2D eigenvalue weighted by Crippen LogP contribution is -2.05. The van der Waals surface area contributed by atoms with Gasteiger partial charge in [-0.2, -0.15) is 18.3 Å². The fourth-order valence-electron chi connectivity index (χ4n) is 1.93. The van der Waals surface area contributed by atoms with E-state index in [2.05, 4.69) is 10.5 Å². The molecule has 0 radical (unpaired) electrons. The van der Waals surface area contributed by atoms with E-state index in [1.54, 1.807) is 0 Å². The van der Waals surface area contributed by atoms with E-state index in [9.17, 15) is 18.3 Å². The van der Waals surface area contributed by atoms with Crippen molar-refractivity contribution in [3.05, 3.63) is 47.5 Å². The highest BCUT2D eigenvalue weighted by atomic mass is 19.4. The highest BCUT2D eigenvalue weighted by Crippen LogP contribution is 2.36. The molecule has 0 heterocycles. The Morgan fingerprint density at radius 2 is 1.71 bits per heavy atom. The maximum absolute atomic E-state index is 12.6. The first-order chi connectivity index (χ1) is 11.3. The first-order valence-electron chi connectivity index (χ1n) is 6.76. The van der Waals surface area contributed by atoms with Gasteiger partial charge in [0.1, 0.15) is 0 Å². The highest BCUT2D eigenvalue weighted by Gasteiger charge is 2.30. The molecule has 8 heteroatoms. The van der Waals surface area contributed by atoms with E-state index in [1.807, 2.05) is 0 Å². The summed E-state index contributed by atoms with van der Waals surface area (Å²) in [5, 5.41) is 13.7. The third kappa shape index (κ3) is 4.09. The second kappa shape index (κ2) is 7.12. The Balaban J connectivity index is 2.18. The molecule has 0 aliphatic carbocycles. The topological polar surface area (TPSA) is 63.1 Å². The number of benzene rings is 2. The number of hydrogen-bond donors (Lipinski definition) is 2. The van der Waals surface area contributed by atoms with E-state index in [4.69, 9.17) is 9.47 Å². The molecule has 2 N–H and O–H groups in total. The van der Waals surface area contributed by atoms with Gasteiger partial charge in [-0.3, -0.25) is 5.43 Å². The smallest absolute Gasteiger partial charge is 0.416 e. The van der Waals surface area contributed by atoms with Crippen LogP contribution in [0.1, 0.15) is 11.1 Å². The standard InChI is InChI=1S/C16H15F3N2O3/c1-23-13-6-10(7-14(24-2)15(13)22)9-20-21-12-5-3-4-11(8-12)16(17,18)19/h3-9,21-22H,1-2H3/b20-9+. The Morgan fingerprint density at radius 3 is 2.25 bits per heavy atom. The van der Waals surface area contributed by atoms with Crippen molar-refractivity contribution in [2.75, 3.05) is 19.6 Å². The number of alkyl halides is 3. The van der Waals surface area contributed by atoms with E-state index < -0.39 is 11.7 Å². The number of nitrogens with one attached hydrogen (secondary N) is 1. The summed E-state index contributed by atoms with van der Waals surface area (Å²) >= 11 is 0. The third-order valence-electron chi connectivity index (χ3n) is 3.10. The van der Waals surface area contributed by atoms with Gasteiger partial charge in [-0.15, -0.1) is 0 Å². The van der Waals surface area contributed by atoms with E-state index in [1.165, 1.54) is 44.7 Å². The van der Waals surface area contributed by atoms with Crippen LogP contribution in [-0.2, 0) is 6.18 Å². The fourth-order valence-corrected chi connectivity index (χ4v) is 1.93. The molecular formula is C16H15F3N2O3. The van der Waals surface area contributed by atoms with Crippen LogP contribution in [0.3, 0.4) is 0 Å². The Bertz CT molecular complexity index is 721. The number of hydrazone groups is 1. The lowest BCUT2D eigenvalue weighted by molar-refractivity contribution is -0.137. The maximum Gasteiger partial charge on any atom is 0.416 e. The first kappa shape index (κ1) is 17.5. The van der Waals surface area contributed by atoms with Gasteiger partial charge in [0, 0.05) is 5.56 Å². The minimum atomic E-state index is -4.42. The fraction of sp³-hybridized carbons (Fsp3) is 0.188. The minimum absolute atomic E-state index is 0.150. The minimum Gasteiger partial charge on any atom is -0.502 e. The van der Waals surface area contributed by atoms with Crippen LogP contribution >= 0.6 is 0 Å². The summed E-state index contributed by atoms with van der Waals surface area (Å²) in [6.45, 7) is 0. The number of rotatable bonds is 5. The van der Waals surface area contributed by atoms with Gasteiger partial charge in [0.05, 0.1) is 31.7 Å². The summed E-state index contributed by atoms with van der Waals surface area (Å²) in [6.07, 6.45) is -3.05. The molecular weight excluding hydrogens is 325 g/mol. The monoisotopic (exact) mass is 340 g/mol. The third-order valence-corrected chi connectivity index (χ3v) is 3.10. The molecule has 24 heavy (non-hydrogen) atoms. The number of ether oxygens (including phenoxy) is 2. The van der Waals surface area contributed by atoms with Gasteiger partial charge >= 0.3 is 6.18 Å². The molecule has 0 aliphatic heterocycles. The van der Waals surface area contributed by atoms with Crippen LogP contribution in [0.4, 0.5) is 18.9 Å². The van der Waals surface area contributed by atoms with Crippen molar-refractivity contribution in [2.45, 2.75) is 6.18 Å². The molecule has 5 nitrogen and oxygen atoms in total. The Morgan fingerprint density at radius 1 is 1.08 bits per heavy atom.